The average Bonchev–Trinajstić information content (AvgIpc) is 2.45. The van der Waals surface area contributed by atoms with Gasteiger partial charge in [-0.15, -0.1) is 13.2 Å². The van der Waals surface area contributed by atoms with E-state index in [4.69, 9.17) is 0 Å². The SMILES string of the molecule is OC(c1ccccc1)C(O)c1ccccc1OC(F)(F)F. The Bertz CT molecular complexity index is 584. The number of halogens is 3. The van der Waals surface area contributed by atoms with Gasteiger partial charge in [-0.05, 0) is 11.6 Å². The quantitative estimate of drug-likeness (QED) is 0.910. The van der Waals surface area contributed by atoms with Gasteiger partial charge in [0.1, 0.15) is 18.0 Å². The van der Waals surface area contributed by atoms with E-state index in [-0.39, 0.29) is 5.56 Å². The highest BCUT2D eigenvalue weighted by Crippen LogP contribution is 2.36. The Hall–Kier alpha value is -2.05. The summed E-state index contributed by atoms with van der Waals surface area (Å²) < 4.78 is 40.9. The smallest absolute Gasteiger partial charge is 0.405 e. The number of rotatable bonds is 4. The first kappa shape index (κ1) is 15.3. The molecule has 0 amide bonds. The van der Waals surface area contributed by atoms with Gasteiger partial charge in [-0.2, -0.15) is 0 Å². The maximum absolute atomic E-state index is 12.3. The van der Waals surface area contributed by atoms with Crippen LogP contribution in [0.25, 0.3) is 0 Å². The molecule has 2 atom stereocenters. The van der Waals surface area contributed by atoms with E-state index in [2.05, 4.69) is 4.74 Å². The molecule has 21 heavy (non-hydrogen) atoms. The van der Waals surface area contributed by atoms with Gasteiger partial charge in [0.15, 0.2) is 0 Å². The van der Waals surface area contributed by atoms with E-state index in [0.717, 1.165) is 6.07 Å². The molecule has 0 fully saturated rings. The minimum absolute atomic E-state index is 0.133. The monoisotopic (exact) mass is 298 g/mol. The van der Waals surface area contributed by atoms with Gasteiger partial charge >= 0.3 is 6.36 Å². The van der Waals surface area contributed by atoms with Crippen LogP contribution in [0.15, 0.2) is 54.6 Å². The van der Waals surface area contributed by atoms with Crippen LogP contribution in [0.2, 0.25) is 0 Å². The summed E-state index contributed by atoms with van der Waals surface area (Å²) in [6.07, 6.45) is -7.76. The van der Waals surface area contributed by atoms with Gasteiger partial charge in [-0.25, -0.2) is 0 Å². The van der Waals surface area contributed by atoms with Gasteiger partial charge in [0.2, 0.25) is 0 Å². The summed E-state index contributed by atoms with van der Waals surface area (Å²) in [4.78, 5) is 0. The number of hydrogen-bond donors (Lipinski definition) is 2. The van der Waals surface area contributed by atoms with E-state index in [9.17, 15) is 23.4 Å². The van der Waals surface area contributed by atoms with Gasteiger partial charge in [0.25, 0.3) is 0 Å². The summed E-state index contributed by atoms with van der Waals surface area (Å²) in [7, 11) is 0. The molecule has 2 aromatic rings. The van der Waals surface area contributed by atoms with E-state index >= 15 is 0 Å². The summed E-state index contributed by atoms with van der Waals surface area (Å²) >= 11 is 0. The molecule has 6 heteroatoms. The third kappa shape index (κ3) is 3.96. The van der Waals surface area contributed by atoms with Crippen molar-refractivity contribution in [2.24, 2.45) is 0 Å². The van der Waals surface area contributed by atoms with Crippen LogP contribution >= 0.6 is 0 Å². The van der Waals surface area contributed by atoms with Crippen LogP contribution < -0.4 is 4.74 Å². The molecular weight excluding hydrogens is 285 g/mol. The summed E-state index contributed by atoms with van der Waals surface area (Å²) in [6.45, 7) is 0. The van der Waals surface area contributed by atoms with Crippen LogP contribution in [0.5, 0.6) is 5.75 Å². The topological polar surface area (TPSA) is 49.7 Å². The molecule has 2 rings (SSSR count). The Kier molecular flexibility index (Phi) is 4.50. The summed E-state index contributed by atoms with van der Waals surface area (Å²) in [5.41, 5.74) is 0.262. The second-order valence-electron chi connectivity index (χ2n) is 4.39. The molecule has 3 nitrogen and oxygen atoms in total. The zero-order valence-corrected chi connectivity index (χ0v) is 10.8. The minimum Gasteiger partial charge on any atom is -0.405 e. The Balaban J connectivity index is 2.29. The van der Waals surface area contributed by atoms with Gasteiger partial charge in [-0.1, -0.05) is 48.5 Å². The number of alkyl halides is 3. The Morgan fingerprint density at radius 1 is 0.810 bits per heavy atom. The number of benzene rings is 2. The van der Waals surface area contributed by atoms with Crippen LogP contribution in [-0.4, -0.2) is 16.6 Å². The molecule has 0 bridgehead atoms. The van der Waals surface area contributed by atoms with Crippen LogP contribution in [0, 0.1) is 0 Å². The summed E-state index contributed by atoms with van der Waals surface area (Å²) in [5, 5.41) is 20.2. The Labute approximate surface area is 119 Å². The standard InChI is InChI=1S/C15H13F3O3/c16-15(17,18)21-12-9-5-4-8-11(12)14(20)13(19)10-6-2-1-3-7-10/h1-9,13-14,19-20H. The molecule has 0 saturated carbocycles. The highest BCUT2D eigenvalue weighted by Gasteiger charge is 2.33. The molecule has 0 aliphatic heterocycles. The van der Waals surface area contributed by atoms with Crippen molar-refractivity contribution in [1.29, 1.82) is 0 Å². The van der Waals surface area contributed by atoms with Crippen molar-refractivity contribution < 1.29 is 28.1 Å². The van der Waals surface area contributed by atoms with Crippen molar-refractivity contribution >= 4 is 0 Å². The van der Waals surface area contributed by atoms with Crippen molar-refractivity contribution in [3.05, 3.63) is 65.7 Å². The third-order valence-corrected chi connectivity index (χ3v) is 2.90. The van der Waals surface area contributed by atoms with E-state index in [1.165, 1.54) is 18.2 Å². The number of hydrogen-bond acceptors (Lipinski definition) is 3. The van der Waals surface area contributed by atoms with E-state index < -0.39 is 24.3 Å². The predicted octanol–water partition coefficient (Wildman–Crippen LogP) is 3.35. The van der Waals surface area contributed by atoms with Crippen molar-refractivity contribution in [2.45, 2.75) is 18.6 Å². The van der Waals surface area contributed by atoms with Gasteiger partial charge in [0.05, 0.1) is 0 Å². The van der Waals surface area contributed by atoms with E-state index in [0.29, 0.717) is 5.56 Å². The fourth-order valence-corrected chi connectivity index (χ4v) is 1.95. The zero-order chi connectivity index (χ0) is 15.5. The van der Waals surface area contributed by atoms with Crippen LogP contribution in [0.4, 0.5) is 13.2 Å². The fraction of sp³-hybridized carbons (Fsp3) is 0.200. The molecule has 0 heterocycles. The van der Waals surface area contributed by atoms with Crippen molar-refractivity contribution in [2.75, 3.05) is 0 Å². The molecule has 0 aliphatic carbocycles. The maximum Gasteiger partial charge on any atom is 0.573 e. The third-order valence-electron chi connectivity index (χ3n) is 2.90. The molecular formula is C15H13F3O3. The van der Waals surface area contributed by atoms with Gasteiger partial charge < -0.3 is 14.9 Å². The number of para-hydroxylation sites is 1. The summed E-state index contributed by atoms with van der Waals surface area (Å²) in [5.74, 6) is -0.535. The second kappa shape index (κ2) is 6.15. The Morgan fingerprint density at radius 2 is 1.38 bits per heavy atom. The van der Waals surface area contributed by atoms with Crippen molar-refractivity contribution in [3.8, 4) is 5.75 Å². The van der Waals surface area contributed by atoms with E-state index in [1.807, 2.05) is 0 Å². The zero-order valence-electron chi connectivity index (χ0n) is 10.8. The fourth-order valence-electron chi connectivity index (χ4n) is 1.95. The van der Waals surface area contributed by atoms with Crippen LogP contribution in [0.1, 0.15) is 23.3 Å². The average molecular weight is 298 g/mol. The molecule has 112 valence electrons. The number of aliphatic hydroxyl groups is 2. The Morgan fingerprint density at radius 3 is 2.00 bits per heavy atom. The molecule has 0 spiro atoms. The lowest BCUT2D eigenvalue weighted by Gasteiger charge is -2.21. The normalized spacial score (nSPS) is 14.5. The molecule has 0 saturated heterocycles. The van der Waals surface area contributed by atoms with Crippen LogP contribution in [0.3, 0.4) is 0 Å². The molecule has 0 radical (unpaired) electrons. The van der Waals surface area contributed by atoms with E-state index in [1.54, 1.807) is 30.3 Å². The van der Waals surface area contributed by atoms with Crippen molar-refractivity contribution in [1.82, 2.24) is 0 Å². The second-order valence-corrected chi connectivity index (χ2v) is 4.39. The first-order valence-electron chi connectivity index (χ1n) is 6.14. The van der Waals surface area contributed by atoms with Gasteiger partial charge in [0, 0.05) is 5.56 Å². The minimum atomic E-state index is -4.87. The maximum atomic E-state index is 12.3. The molecule has 2 N–H and O–H groups in total. The predicted molar refractivity (Wildman–Crippen MR) is 69.5 cm³/mol. The highest BCUT2D eigenvalue weighted by atomic mass is 19.4. The molecule has 2 aromatic carbocycles. The summed E-state index contributed by atoms with van der Waals surface area (Å²) in [6, 6.07) is 13.4. The largest absolute Gasteiger partial charge is 0.573 e. The lowest BCUT2D eigenvalue weighted by molar-refractivity contribution is -0.275. The molecule has 0 aromatic heterocycles. The lowest BCUT2D eigenvalue weighted by Crippen LogP contribution is -2.20. The first-order chi connectivity index (χ1) is 9.88. The first-order valence-corrected chi connectivity index (χ1v) is 6.14. The van der Waals surface area contributed by atoms with Gasteiger partial charge in [-0.3, -0.25) is 0 Å². The van der Waals surface area contributed by atoms with Crippen LogP contribution in [-0.2, 0) is 0 Å². The number of ether oxygens (including phenoxy) is 1. The number of aliphatic hydroxyl groups excluding tert-OH is 2. The lowest BCUT2D eigenvalue weighted by atomic mass is 9.98. The van der Waals surface area contributed by atoms with Crippen molar-refractivity contribution in [3.63, 3.8) is 0 Å². The molecule has 0 aliphatic rings. The molecule has 2 unspecified atom stereocenters. The highest BCUT2D eigenvalue weighted by molar-refractivity contribution is 5.37.